The van der Waals surface area contributed by atoms with Crippen LogP contribution in [0.25, 0.3) is 0 Å². The van der Waals surface area contributed by atoms with E-state index in [0.717, 1.165) is 6.26 Å². The first-order valence-electron chi connectivity index (χ1n) is 7.75. The maximum absolute atomic E-state index is 12.0. The van der Waals surface area contributed by atoms with Crippen molar-refractivity contribution in [2.24, 2.45) is 0 Å². The third-order valence-electron chi connectivity index (χ3n) is 3.46. The number of nitrogens with one attached hydrogen (secondary N) is 2. The van der Waals surface area contributed by atoms with E-state index in [1.807, 2.05) is 26.8 Å². The Morgan fingerprint density at radius 2 is 1.96 bits per heavy atom. The van der Waals surface area contributed by atoms with Crippen molar-refractivity contribution in [1.29, 1.82) is 5.26 Å². The van der Waals surface area contributed by atoms with Crippen LogP contribution in [0.2, 0.25) is 0 Å². The Balaban J connectivity index is 2.06. The number of anilines is 2. The van der Waals surface area contributed by atoms with E-state index in [1.165, 1.54) is 18.2 Å². The van der Waals surface area contributed by atoms with Gasteiger partial charge in [-0.05, 0) is 18.2 Å². The number of hydrogen-bond acceptors (Lipinski definition) is 7. The smallest absolute Gasteiger partial charge is 0.246 e. The van der Waals surface area contributed by atoms with E-state index in [4.69, 9.17) is 9.78 Å². The summed E-state index contributed by atoms with van der Waals surface area (Å²) in [5.41, 5.74) is 1.04. The number of sulfone groups is 1. The SMILES string of the molecule is CC(C)(C)c1cc(NC(=O)CNc2cc(C#N)cc(S(C)(=O)=O)c2)on1. The molecule has 0 saturated carbocycles. The molecule has 1 aromatic heterocycles. The first kappa shape index (κ1) is 19.5. The third-order valence-corrected chi connectivity index (χ3v) is 4.55. The van der Waals surface area contributed by atoms with Gasteiger partial charge in [0.2, 0.25) is 11.8 Å². The largest absolute Gasteiger partial charge is 0.376 e. The van der Waals surface area contributed by atoms with E-state index in [2.05, 4.69) is 15.8 Å². The van der Waals surface area contributed by atoms with Crippen LogP contribution in [-0.4, -0.2) is 32.3 Å². The van der Waals surface area contributed by atoms with Gasteiger partial charge in [0.25, 0.3) is 0 Å². The molecule has 0 atom stereocenters. The van der Waals surface area contributed by atoms with Crippen molar-refractivity contribution in [2.75, 3.05) is 23.4 Å². The molecule has 0 spiro atoms. The minimum absolute atomic E-state index is 0.00418. The van der Waals surface area contributed by atoms with Crippen molar-refractivity contribution in [3.8, 4) is 6.07 Å². The van der Waals surface area contributed by atoms with Crippen molar-refractivity contribution < 1.29 is 17.7 Å². The molecule has 1 amide bonds. The number of nitrogens with zero attached hydrogens (tertiary/aromatic N) is 2. The third kappa shape index (κ3) is 5.07. The molecule has 2 N–H and O–H groups in total. The lowest BCUT2D eigenvalue weighted by Crippen LogP contribution is -2.21. The van der Waals surface area contributed by atoms with E-state index in [0.29, 0.717) is 11.4 Å². The highest BCUT2D eigenvalue weighted by atomic mass is 32.2. The molecule has 1 heterocycles. The summed E-state index contributed by atoms with van der Waals surface area (Å²) in [7, 11) is -3.47. The second kappa shape index (κ2) is 7.17. The van der Waals surface area contributed by atoms with E-state index in [1.54, 1.807) is 6.07 Å². The highest BCUT2D eigenvalue weighted by Crippen LogP contribution is 2.23. The molecule has 1 aromatic carbocycles. The lowest BCUT2D eigenvalue weighted by molar-refractivity contribution is -0.114. The maximum atomic E-state index is 12.0. The highest BCUT2D eigenvalue weighted by Gasteiger charge is 2.19. The van der Waals surface area contributed by atoms with Gasteiger partial charge < -0.3 is 9.84 Å². The van der Waals surface area contributed by atoms with Gasteiger partial charge in [-0.3, -0.25) is 10.1 Å². The highest BCUT2D eigenvalue weighted by molar-refractivity contribution is 7.90. The van der Waals surface area contributed by atoms with E-state index in [9.17, 15) is 13.2 Å². The van der Waals surface area contributed by atoms with Crippen LogP contribution in [0, 0.1) is 11.3 Å². The lowest BCUT2D eigenvalue weighted by atomic mass is 9.92. The van der Waals surface area contributed by atoms with Crippen LogP contribution in [0.1, 0.15) is 32.0 Å². The zero-order chi connectivity index (χ0) is 19.5. The molecule has 0 bridgehead atoms. The number of benzene rings is 1. The number of amides is 1. The van der Waals surface area contributed by atoms with Gasteiger partial charge in [0, 0.05) is 23.4 Å². The average Bonchev–Trinajstić information content (AvgIpc) is 3.00. The van der Waals surface area contributed by atoms with Crippen LogP contribution < -0.4 is 10.6 Å². The minimum Gasteiger partial charge on any atom is -0.376 e. The van der Waals surface area contributed by atoms with Crippen molar-refractivity contribution >= 4 is 27.3 Å². The van der Waals surface area contributed by atoms with Crippen LogP contribution in [0.3, 0.4) is 0 Å². The van der Waals surface area contributed by atoms with Gasteiger partial charge in [-0.25, -0.2) is 8.42 Å². The van der Waals surface area contributed by atoms with Crippen LogP contribution in [0.4, 0.5) is 11.6 Å². The first-order valence-corrected chi connectivity index (χ1v) is 9.64. The zero-order valence-electron chi connectivity index (χ0n) is 15.0. The molecular formula is C17H20N4O4S. The van der Waals surface area contributed by atoms with Crippen molar-refractivity contribution in [1.82, 2.24) is 5.16 Å². The minimum atomic E-state index is -3.47. The van der Waals surface area contributed by atoms with Gasteiger partial charge in [-0.2, -0.15) is 5.26 Å². The van der Waals surface area contributed by atoms with Crippen LogP contribution in [-0.2, 0) is 20.0 Å². The van der Waals surface area contributed by atoms with Gasteiger partial charge in [-0.15, -0.1) is 0 Å². The Kier molecular flexibility index (Phi) is 5.37. The fraction of sp³-hybridized carbons (Fsp3) is 0.353. The number of aromatic nitrogens is 1. The quantitative estimate of drug-likeness (QED) is 0.820. The summed E-state index contributed by atoms with van der Waals surface area (Å²) >= 11 is 0. The number of nitriles is 1. The van der Waals surface area contributed by atoms with E-state index in [-0.39, 0.29) is 28.3 Å². The average molecular weight is 376 g/mol. The second-order valence-electron chi connectivity index (χ2n) is 6.86. The van der Waals surface area contributed by atoms with Crippen molar-refractivity contribution in [3.63, 3.8) is 0 Å². The summed E-state index contributed by atoms with van der Waals surface area (Å²) in [6.07, 6.45) is 1.05. The molecule has 9 heteroatoms. The van der Waals surface area contributed by atoms with Gasteiger partial charge in [-0.1, -0.05) is 25.9 Å². The molecule has 0 aliphatic carbocycles. The predicted octanol–water partition coefficient (Wildman–Crippen LogP) is 2.30. The van der Waals surface area contributed by atoms with E-state index < -0.39 is 15.7 Å². The topological polar surface area (TPSA) is 125 Å². The number of rotatable bonds is 5. The molecule has 0 unspecified atom stereocenters. The van der Waals surface area contributed by atoms with Crippen molar-refractivity contribution in [3.05, 3.63) is 35.5 Å². The molecule has 0 aliphatic heterocycles. The molecule has 26 heavy (non-hydrogen) atoms. The fourth-order valence-electron chi connectivity index (χ4n) is 2.03. The number of carbonyl (C=O) groups excluding carboxylic acids is 1. The summed E-state index contributed by atoms with van der Waals surface area (Å²) in [5, 5.41) is 18.3. The molecule has 0 saturated heterocycles. The summed E-state index contributed by atoms with van der Waals surface area (Å²) in [4.78, 5) is 12.0. The van der Waals surface area contributed by atoms with Crippen LogP contribution in [0.15, 0.2) is 33.7 Å². The number of carbonyl (C=O) groups is 1. The molecule has 8 nitrogen and oxygen atoms in total. The fourth-order valence-corrected chi connectivity index (χ4v) is 2.71. The first-order chi connectivity index (χ1) is 12.0. The van der Waals surface area contributed by atoms with Gasteiger partial charge in [0.1, 0.15) is 0 Å². The summed E-state index contributed by atoms with van der Waals surface area (Å²) in [6.45, 7) is 5.78. The Hall–Kier alpha value is -2.86. The molecule has 2 aromatic rings. The Morgan fingerprint density at radius 3 is 2.50 bits per heavy atom. The van der Waals surface area contributed by atoms with E-state index >= 15 is 0 Å². The molecule has 138 valence electrons. The molecule has 0 aliphatic rings. The van der Waals surface area contributed by atoms with Gasteiger partial charge in [0.05, 0.1) is 28.8 Å². The molecule has 0 fully saturated rings. The Bertz CT molecular complexity index is 965. The normalized spacial score (nSPS) is 11.7. The maximum Gasteiger partial charge on any atom is 0.246 e. The summed E-state index contributed by atoms with van der Waals surface area (Å²) in [6, 6.07) is 7.66. The predicted molar refractivity (Wildman–Crippen MR) is 96.6 cm³/mol. The van der Waals surface area contributed by atoms with Crippen LogP contribution >= 0.6 is 0 Å². The van der Waals surface area contributed by atoms with Crippen molar-refractivity contribution in [2.45, 2.75) is 31.1 Å². The summed E-state index contributed by atoms with van der Waals surface area (Å²) < 4.78 is 28.4. The molecule has 2 rings (SSSR count). The van der Waals surface area contributed by atoms with Gasteiger partial charge >= 0.3 is 0 Å². The standard InChI is InChI=1S/C17H20N4O4S/c1-17(2,3)14-8-16(25-21-14)20-15(22)10-19-12-5-11(9-18)6-13(7-12)26(4,23)24/h5-8,19H,10H2,1-4H3,(H,20,22). The monoisotopic (exact) mass is 376 g/mol. The lowest BCUT2D eigenvalue weighted by Gasteiger charge is -2.12. The summed E-state index contributed by atoms with van der Waals surface area (Å²) in [5.74, 6) is -0.172. The molecular weight excluding hydrogens is 356 g/mol. The second-order valence-corrected chi connectivity index (χ2v) is 8.87. The Morgan fingerprint density at radius 1 is 1.27 bits per heavy atom. The van der Waals surface area contributed by atoms with Gasteiger partial charge in [0.15, 0.2) is 9.84 Å². The zero-order valence-corrected chi connectivity index (χ0v) is 15.8. The van der Waals surface area contributed by atoms with Crippen LogP contribution in [0.5, 0.6) is 0 Å². The Labute approximate surface area is 152 Å². The number of hydrogen-bond donors (Lipinski definition) is 2. The molecule has 0 radical (unpaired) electrons.